The zero-order chi connectivity index (χ0) is 22.3. The second-order valence-corrected chi connectivity index (χ2v) is 8.32. The summed E-state index contributed by atoms with van der Waals surface area (Å²) >= 11 is 6.27. The molecular formula is C22H23ClFN3O4. The summed E-state index contributed by atoms with van der Waals surface area (Å²) in [6.07, 6.45) is 1.06. The van der Waals surface area contributed by atoms with Crippen molar-refractivity contribution < 1.29 is 23.5 Å². The molecule has 2 atom stereocenters. The molecule has 1 aromatic heterocycles. The number of hydrogen-bond acceptors (Lipinski definition) is 6. The lowest BCUT2D eigenvalue weighted by molar-refractivity contribution is -0.118. The molecule has 1 fully saturated rings. The number of ether oxygens (including phenoxy) is 2. The zero-order valence-electron chi connectivity index (χ0n) is 17.5. The molecule has 2 heterocycles. The largest absolute Gasteiger partial charge is 0.497 e. The van der Waals surface area contributed by atoms with E-state index in [1.807, 2.05) is 6.92 Å². The van der Waals surface area contributed by atoms with Crippen molar-refractivity contribution in [1.82, 2.24) is 9.88 Å². The summed E-state index contributed by atoms with van der Waals surface area (Å²) < 4.78 is 25.8. The van der Waals surface area contributed by atoms with Crippen molar-refractivity contribution in [1.29, 1.82) is 0 Å². The van der Waals surface area contributed by atoms with Gasteiger partial charge in [-0.15, -0.1) is 0 Å². The molecule has 0 bridgehead atoms. The van der Waals surface area contributed by atoms with E-state index >= 15 is 4.39 Å². The molecule has 4 rings (SSSR count). The number of ketones is 1. The van der Waals surface area contributed by atoms with Crippen LogP contribution in [0.3, 0.4) is 0 Å². The Balaban J connectivity index is 1.59. The number of rotatable bonds is 6. The summed E-state index contributed by atoms with van der Waals surface area (Å²) in [5.74, 6) is 0.299. The Morgan fingerprint density at radius 2 is 2.06 bits per heavy atom. The Labute approximate surface area is 184 Å². The van der Waals surface area contributed by atoms with E-state index in [4.69, 9.17) is 21.1 Å². The van der Waals surface area contributed by atoms with Crippen LogP contribution in [0, 0.1) is 11.7 Å². The van der Waals surface area contributed by atoms with Gasteiger partial charge in [0.25, 0.3) is 5.91 Å². The molecule has 0 spiro atoms. The van der Waals surface area contributed by atoms with Gasteiger partial charge in [-0.3, -0.25) is 9.59 Å². The molecule has 7 nitrogen and oxygen atoms in total. The Morgan fingerprint density at radius 3 is 2.71 bits per heavy atom. The van der Waals surface area contributed by atoms with Crippen LogP contribution in [0.4, 0.5) is 10.2 Å². The lowest BCUT2D eigenvalue weighted by Gasteiger charge is -2.18. The number of fused-ring (bicyclic) bond motifs is 1. The van der Waals surface area contributed by atoms with Crippen LogP contribution in [0.2, 0.25) is 5.15 Å². The van der Waals surface area contributed by atoms with Crippen LogP contribution in [-0.4, -0.2) is 41.8 Å². The van der Waals surface area contributed by atoms with Gasteiger partial charge in [-0.1, -0.05) is 18.5 Å². The van der Waals surface area contributed by atoms with E-state index in [1.54, 1.807) is 25.3 Å². The number of amides is 1. The number of carbonyl (C=O) groups excluding carboxylic acids is 2. The minimum atomic E-state index is -0.649. The van der Waals surface area contributed by atoms with Crippen molar-refractivity contribution in [3.05, 3.63) is 45.9 Å². The number of aromatic nitrogens is 1. The quantitative estimate of drug-likeness (QED) is 0.678. The molecule has 1 aliphatic carbocycles. The van der Waals surface area contributed by atoms with Crippen molar-refractivity contribution in [3.63, 3.8) is 0 Å². The molecule has 1 saturated carbocycles. The highest BCUT2D eigenvalue weighted by Crippen LogP contribution is 2.36. The third-order valence-electron chi connectivity index (χ3n) is 5.78. The lowest BCUT2D eigenvalue weighted by Crippen LogP contribution is -2.25. The van der Waals surface area contributed by atoms with Crippen LogP contribution in [0.15, 0.2) is 18.2 Å². The summed E-state index contributed by atoms with van der Waals surface area (Å²) in [7, 11) is 3.08. The number of methoxy groups -OCH3 is 2. The number of hydrogen-bond donors (Lipinski definition) is 1. The van der Waals surface area contributed by atoms with Gasteiger partial charge in [-0.25, -0.2) is 9.37 Å². The number of anilines is 1. The molecule has 164 valence electrons. The highest BCUT2D eigenvalue weighted by Gasteiger charge is 2.37. The second-order valence-electron chi connectivity index (χ2n) is 7.97. The Morgan fingerprint density at radius 1 is 1.29 bits per heavy atom. The predicted octanol–water partition coefficient (Wildman–Crippen LogP) is 3.83. The van der Waals surface area contributed by atoms with Gasteiger partial charge in [0, 0.05) is 30.2 Å². The molecule has 2 aliphatic rings. The number of halogens is 2. The number of carbonyl (C=O) groups is 2. The molecule has 1 aliphatic heterocycles. The SMILES string of the molecule is COc1ccc(CN2Cc3c(F)c(N[C@@H]4CC(C)CC4=O)nc(Cl)c3C2=O)c(OC)c1. The molecule has 0 saturated heterocycles. The van der Waals surface area contributed by atoms with E-state index in [1.165, 1.54) is 12.0 Å². The maximum absolute atomic E-state index is 15.2. The van der Waals surface area contributed by atoms with Crippen LogP contribution in [-0.2, 0) is 17.9 Å². The second kappa shape index (κ2) is 8.34. The molecular weight excluding hydrogens is 425 g/mol. The van der Waals surface area contributed by atoms with Crippen LogP contribution < -0.4 is 14.8 Å². The molecule has 0 radical (unpaired) electrons. The summed E-state index contributed by atoms with van der Waals surface area (Å²) in [6.45, 7) is 2.22. The Bertz CT molecular complexity index is 1060. The van der Waals surface area contributed by atoms with Crippen LogP contribution in [0.5, 0.6) is 11.5 Å². The fourth-order valence-corrected chi connectivity index (χ4v) is 4.47. The Kier molecular flexibility index (Phi) is 5.75. The van der Waals surface area contributed by atoms with Crippen molar-refractivity contribution >= 4 is 29.1 Å². The lowest BCUT2D eigenvalue weighted by atomic mass is 10.1. The van der Waals surface area contributed by atoms with Gasteiger partial charge in [-0.05, 0) is 24.5 Å². The maximum atomic E-state index is 15.2. The third kappa shape index (κ3) is 3.92. The minimum Gasteiger partial charge on any atom is -0.497 e. The van der Waals surface area contributed by atoms with Crippen molar-refractivity contribution in [2.24, 2.45) is 5.92 Å². The standard InChI is InChI=1S/C22H23ClFN3O4/c1-11-6-15(16(28)7-11)25-21-19(24)14-10-27(22(29)18(14)20(23)26-21)9-12-4-5-13(30-2)8-17(12)31-3/h4-5,8,11,15H,6-7,9-10H2,1-3H3,(H,25,26)/t11?,15-/m1/s1. The van der Waals surface area contributed by atoms with E-state index in [0.717, 1.165) is 5.56 Å². The van der Waals surface area contributed by atoms with Crippen LogP contribution in [0.1, 0.15) is 41.3 Å². The highest BCUT2D eigenvalue weighted by atomic mass is 35.5. The number of nitrogens with zero attached hydrogens (tertiary/aromatic N) is 2. The smallest absolute Gasteiger partial charge is 0.258 e. The summed E-state index contributed by atoms with van der Waals surface area (Å²) in [6, 6.07) is 4.79. The normalized spacial score (nSPS) is 20.2. The van der Waals surface area contributed by atoms with Gasteiger partial charge in [0.1, 0.15) is 16.7 Å². The number of pyridine rings is 1. The average molecular weight is 448 g/mol. The summed E-state index contributed by atoms with van der Waals surface area (Å²) in [5, 5.41) is 2.81. The monoisotopic (exact) mass is 447 g/mol. The fourth-order valence-electron chi connectivity index (χ4n) is 4.19. The minimum absolute atomic E-state index is 0.0228. The molecule has 1 amide bonds. The number of nitrogens with one attached hydrogen (secondary N) is 1. The van der Waals surface area contributed by atoms with E-state index in [9.17, 15) is 9.59 Å². The van der Waals surface area contributed by atoms with Gasteiger partial charge in [0.05, 0.1) is 32.4 Å². The van der Waals surface area contributed by atoms with Gasteiger partial charge in [0.15, 0.2) is 17.4 Å². The fraction of sp³-hybridized carbons (Fsp3) is 0.409. The molecule has 31 heavy (non-hydrogen) atoms. The Hall–Kier alpha value is -2.87. The first kappa shape index (κ1) is 21.4. The van der Waals surface area contributed by atoms with Crippen molar-refractivity contribution in [3.8, 4) is 11.5 Å². The first-order chi connectivity index (χ1) is 14.8. The van der Waals surface area contributed by atoms with Crippen LogP contribution >= 0.6 is 11.6 Å². The van der Waals surface area contributed by atoms with Gasteiger partial charge >= 0.3 is 0 Å². The van der Waals surface area contributed by atoms with Gasteiger partial charge in [0.2, 0.25) is 0 Å². The van der Waals surface area contributed by atoms with Gasteiger partial charge in [-0.2, -0.15) is 0 Å². The van der Waals surface area contributed by atoms with Gasteiger partial charge < -0.3 is 19.7 Å². The molecule has 2 aromatic rings. The summed E-state index contributed by atoms with van der Waals surface area (Å²) in [4.78, 5) is 30.6. The molecule has 1 N–H and O–H groups in total. The van der Waals surface area contributed by atoms with E-state index < -0.39 is 17.8 Å². The van der Waals surface area contributed by atoms with E-state index in [0.29, 0.717) is 24.3 Å². The first-order valence-corrected chi connectivity index (χ1v) is 10.4. The highest BCUT2D eigenvalue weighted by molar-refractivity contribution is 6.33. The van der Waals surface area contributed by atoms with E-state index in [2.05, 4.69) is 10.3 Å². The predicted molar refractivity (Wildman–Crippen MR) is 113 cm³/mol. The maximum Gasteiger partial charge on any atom is 0.258 e. The summed E-state index contributed by atoms with van der Waals surface area (Å²) in [5.41, 5.74) is 0.986. The molecule has 9 heteroatoms. The van der Waals surface area contributed by atoms with Crippen molar-refractivity contribution in [2.45, 2.75) is 38.9 Å². The third-order valence-corrected chi connectivity index (χ3v) is 6.06. The zero-order valence-corrected chi connectivity index (χ0v) is 18.3. The van der Waals surface area contributed by atoms with Crippen molar-refractivity contribution in [2.75, 3.05) is 19.5 Å². The number of benzene rings is 1. The van der Waals surface area contributed by atoms with E-state index in [-0.39, 0.29) is 46.9 Å². The molecule has 1 unspecified atom stereocenters. The number of Topliss-reactive ketones (excluding diaryl/α,β-unsaturated/α-hetero) is 1. The topological polar surface area (TPSA) is 80.8 Å². The average Bonchev–Trinajstić information content (AvgIpc) is 3.24. The van der Waals surface area contributed by atoms with Crippen LogP contribution in [0.25, 0.3) is 0 Å². The molecule has 1 aromatic carbocycles. The first-order valence-electron chi connectivity index (χ1n) is 9.99.